The predicted octanol–water partition coefficient (Wildman–Crippen LogP) is 1.32. The van der Waals surface area contributed by atoms with Gasteiger partial charge in [-0.1, -0.05) is 0 Å². The van der Waals surface area contributed by atoms with Gasteiger partial charge in [0, 0.05) is 12.4 Å². The van der Waals surface area contributed by atoms with Crippen molar-refractivity contribution in [2.75, 3.05) is 0 Å². The van der Waals surface area contributed by atoms with Crippen molar-refractivity contribution in [1.29, 1.82) is 0 Å². The molecule has 1 heterocycles. The molecule has 2 heteroatoms. The Morgan fingerprint density at radius 3 is 2.20 bits per heavy atom. The van der Waals surface area contributed by atoms with E-state index < -0.39 is 5.72 Å². The van der Waals surface area contributed by atoms with Crippen LogP contribution in [0.3, 0.4) is 0 Å². The average Bonchev–Trinajstić information content (AvgIpc) is 2.33. The van der Waals surface area contributed by atoms with Gasteiger partial charge >= 0.3 is 0 Å². The third-order valence-electron chi connectivity index (χ3n) is 2.24. The van der Waals surface area contributed by atoms with E-state index >= 15 is 0 Å². The number of aromatic nitrogens is 1. The highest BCUT2D eigenvalue weighted by Gasteiger charge is 2.35. The highest BCUT2D eigenvalue weighted by molar-refractivity contribution is 4.97. The number of nitrogens with zero attached hydrogens (tertiary/aromatic N) is 1. The lowest BCUT2D eigenvalue weighted by molar-refractivity contribution is -0.106. The van der Waals surface area contributed by atoms with Crippen LogP contribution in [-0.4, -0.2) is 9.67 Å². The molecular weight excluding hydrogens is 126 g/mol. The van der Waals surface area contributed by atoms with Crippen molar-refractivity contribution >= 4 is 0 Å². The monoisotopic (exact) mass is 137 g/mol. The SMILES string of the molecule is OC1(n2cccc2)CCC1. The van der Waals surface area contributed by atoms with Gasteiger partial charge in [-0.05, 0) is 31.4 Å². The van der Waals surface area contributed by atoms with Gasteiger partial charge in [-0.3, -0.25) is 0 Å². The molecule has 0 saturated heterocycles. The summed E-state index contributed by atoms with van der Waals surface area (Å²) in [5.41, 5.74) is -0.538. The van der Waals surface area contributed by atoms with E-state index in [0.29, 0.717) is 0 Å². The molecule has 0 radical (unpaired) electrons. The summed E-state index contributed by atoms with van der Waals surface area (Å²) >= 11 is 0. The van der Waals surface area contributed by atoms with E-state index in [1.54, 1.807) is 0 Å². The summed E-state index contributed by atoms with van der Waals surface area (Å²) in [5.74, 6) is 0. The van der Waals surface area contributed by atoms with E-state index in [-0.39, 0.29) is 0 Å². The fraction of sp³-hybridized carbons (Fsp3) is 0.500. The molecule has 54 valence electrons. The molecule has 1 aliphatic carbocycles. The molecule has 0 spiro atoms. The number of hydrogen-bond donors (Lipinski definition) is 1. The first-order chi connectivity index (χ1) is 4.81. The molecule has 1 saturated carbocycles. The van der Waals surface area contributed by atoms with Crippen molar-refractivity contribution in [3.05, 3.63) is 24.5 Å². The predicted molar refractivity (Wildman–Crippen MR) is 38.5 cm³/mol. The van der Waals surface area contributed by atoms with Crippen LogP contribution in [0.1, 0.15) is 19.3 Å². The Labute approximate surface area is 60.1 Å². The molecule has 2 rings (SSSR count). The molecule has 0 aliphatic heterocycles. The van der Waals surface area contributed by atoms with Crippen molar-refractivity contribution < 1.29 is 5.11 Å². The van der Waals surface area contributed by atoms with Crippen molar-refractivity contribution in [2.24, 2.45) is 0 Å². The lowest BCUT2D eigenvalue weighted by Gasteiger charge is -2.37. The van der Waals surface area contributed by atoms with Crippen LogP contribution in [0, 0.1) is 0 Å². The largest absolute Gasteiger partial charge is 0.371 e. The molecule has 1 aromatic heterocycles. The topological polar surface area (TPSA) is 25.2 Å². The quantitative estimate of drug-likeness (QED) is 0.620. The smallest absolute Gasteiger partial charge is 0.141 e. The minimum absolute atomic E-state index is 0.538. The van der Waals surface area contributed by atoms with Gasteiger partial charge in [0.1, 0.15) is 5.72 Å². The van der Waals surface area contributed by atoms with Crippen LogP contribution in [0.2, 0.25) is 0 Å². The highest BCUT2D eigenvalue weighted by Crippen LogP contribution is 2.35. The second-order valence-electron chi connectivity index (χ2n) is 2.93. The van der Waals surface area contributed by atoms with Gasteiger partial charge in [0.2, 0.25) is 0 Å². The first kappa shape index (κ1) is 5.98. The standard InChI is InChI=1S/C8H11NO/c10-8(4-3-5-8)9-6-1-2-7-9/h1-2,6-7,10H,3-5H2. The molecule has 1 fully saturated rings. The van der Waals surface area contributed by atoms with Crippen LogP contribution in [0.25, 0.3) is 0 Å². The Kier molecular flexibility index (Phi) is 1.11. The van der Waals surface area contributed by atoms with Gasteiger partial charge in [0.25, 0.3) is 0 Å². The lowest BCUT2D eigenvalue weighted by atomic mass is 9.88. The van der Waals surface area contributed by atoms with E-state index in [9.17, 15) is 5.11 Å². The van der Waals surface area contributed by atoms with E-state index in [1.165, 1.54) is 0 Å². The van der Waals surface area contributed by atoms with Crippen LogP contribution in [0.15, 0.2) is 24.5 Å². The van der Waals surface area contributed by atoms with Gasteiger partial charge in [-0.2, -0.15) is 0 Å². The molecule has 0 aromatic carbocycles. The van der Waals surface area contributed by atoms with Gasteiger partial charge < -0.3 is 9.67 Å². The Hall–Kier alpha value is -0.760. The summed E-state index contributed by atoms with van der Waals surface area (Å²) in [7, 11) is 0. The summed E-state index contributed by atoms with van der Waals surface area (Å²) in [6.45, 7) is 0. The average molecular weight is 137 g/mol. The van der Waals surface area contributed by atoms with Crippen LogP contribution in [0.4, 0.5) is 0 Å². The Bertz CT molecular complexity index is 211. The van der Waals surface area contributed by atoms with Crippen LogP contribution < -0.4 is 0 Å². The second kappa shape index (κ2) is 1.86. The van der Waals surface area contributed by atoms with Crippen molar-refractivity contribution in [2.45, 2.75) is 25.0 Å². The molecule has 10 heavy (non-hydrogen) atoms. The summed E-state index contributed by atoms with van der Waals surface area (Å²) in [6.07, 6.45) is 6.79. The van der Waals surface area contributed by atoms with E-state index in [1.807, 2.05) is 29.1 Å². The number of aliphatic hydroxyl groups is 1. The maximum absolute atomic E-state index is 9.73. The molecule has 0 bridgehead atoms. The molecule has 0 unspecified atom stereocenters. The fourth-order valence-electron chi connectivity index (χ4n) is 1.36. The summed E-state index contributed by atoms with van der Waals surface area (Å²) < 4.78 is 1.89. The second-order valence-corrected chi connectivity index (χ2v) is 2.93. The Morgan fingerprint density at radius 1 is 1.20 bits per heavy atom. The minimum atomic E-state index is -0.538. The zero-order chi connectivity index (χ0) is 7.03. The summed E-state index contributed by atoms with van der Waals surface area (Å²) in [5, 5.41) is 9.73. The third-order valence-corrected chi connectivity index (χ3v) is 2.24. The van der Waals surface area contributed by atoms with Crippen LogP contribution in [-0.2, 0) is 5.72 Å². The first-order valence-electron chi connectivity index (χ1n) is 3.67. The van der Waals surface area contributed by atoms with Gasteiger partial charge in [0.15, 0.2) is 0 Å². The summed E-state index contributed by atoms with van der Waals surface area (Å²) in [6, 6.07) is 3.88. The normalized spacial score (nSPS) is 22.1. The van der Waals surface area contributed by atoms with E-state index in [0.717, 1.165) is 19.3 Å². The maximum Gasteiger partial charge on any atom is 0.141 e. The zero-order valence-electron chi connectivity index (χ0n) is 5.83. The van der Waals surface area contributed by atoms with Gasteiger partial charge in [-0.25, -0.2) is 0 Å². The van der Waals surface area contributed by atoms with Crippen LogP contribution in [0.5, 0.6) is 0 Å². The fourth-order valence-corrected chi connectivity index (χ4v) is 1.36. The minimum Gasteiger partial charge on any atom is -0.371 e. The molecule has 2 nitrogen and oxygen atoms in total. The molecule has 0 atom stereocenters. The Balaban J connectivity index is 2.27. The molecule has 1 N–H and O–H groups in total. The molecule has 0 amide bonds. The van der Waals surface area contributed by atoms with E-state index in [2.05, 4.69) is 0 Å². The van der Waals surface area contributed by atoms with Crippen molar-refractivity contribution in [3.8, 4) is 0 Å². The first-order valence-corrected chi connectivity index (χ1v) is 3.67. The number of hydrogen-bond acceptors (Lipinski definition) is 1. The van der Waals surface area contributed by atoms with Crippen molar-refractivity contribution in [3.63, 3.8) is 0 Å². The number of rotatable bonds is 1. The Morgan fingerprint density at radius 2 is 1.80 bits per heavy atom. The van der Waals surface area contributed by atoms with Gasteiger partial charge in [0.05, 0.1) is 0 Å². The van der Waals surface area contributed by atoms with E-state index in [4.69, 9.17) is 0 Å². The highest BCUT2D eigenvalue weighted by atomic mass is 16.3. The molecular formula is C8H11NO. The summed E-state index contributed by atoms with van der Waals surface area (Å²) in [4.78, 5) is 0. The van der Waals surface area contributed by atoms with Crippen LogP contribution >= 0.6 is 0 Å². The lowest BCUT2D eigenvalue weighted by Crippen LogP contribution is -2.39. The maximum atomic E-state index is 9.73. The molecule has 1 aliphatic rings. The zero-order valence-corrected chi connectivity index (χ0v) is 5.83. The third kappa shape index (κ3) is 0.688. The molecule has 1 aromatic rings. The van der Waals surface area contributed by atoms with Crippen molar-refractivity contribution in [1.82, 2.24) is 4.57 Å². The van der Waals surface area contributed by atoms with Gasteiger partial charge in [-0.15, -0.1) is 0 Å².